The summed E-state index contributed by atoms with van der Waals surface area (Å²) < 4.78 is 0. The summed E-state index contributed by atoms with van der Waals surface area (Å²) in [5, 5.41) is 5.20. The van der Waals surface area contributed by atoms with Gasteiger partial charge in [0.2, 0.25) is 0 Å². The fourth-order valence-corrected chi connectivity index (χ4v) is 4.78. The lowest BCUT2D eigenvalue weighted by molar-refractivity contribution is 1.00. The lowest BCUT2D eigenvalue weighted by Crippen LogP contribution is -1.90. The highest BCUT2D eigenvalue weighted by atomic mass is 14.1. The molecule has 0 heterocycles. The van der Waals surface area contributed by atoms with Gasteiger partial charge in [0.15, 0.2) is 0 Å². The van der Waals surface area contributed by atoms with Crippen LogP contribution in [0, 0.1) is 0 Å². The largest absolute Gasteiger partial charge is 0.103 e. The first-order chi connectivity index (χ1) is 16.7. The topological polar surface area (TPSA) is 0 Å². The van der Waals surface area contributed by atoms with Crippen molar-refractivity contribution >= 4 is 32.7 Å². The highest BCUT2D eigenvalue weighted by Crippen LogP contribution is 2.33. The Hall–Kier alpha value is -3.90. The van der Waals surface area contributed by atoms with Crippen LogP contribution >= 0.6 is 0 Å². The number of hydrogen-bond donors (Lipinski definition) is 0. The minimum atomic E-state index is 0.949. The first-order valence-corrected chi connectivity index (χ1v) is 12.1. The smallest absolute Gasteiger partial charge is 0.00701 e. The summed E-state index contributed by atoms with van der Waals surface area (Å²) in [6.07, 6.45) is 16.4. The van der Waals surface area contributed by atoms with E-state index >= 15 is 0 Å². The van der Waals surface area contributed by atoms with E-state index in [1.807, 2.05) is 6.08 Å². The molecule has 5 rings (SSSR count). The third-order valence-corrected chi connectivity index (χ3v) is 6.67. The van der Waals surface area contributed by atoms with E-state index in [1.54, 1.807) is 0 Å². The molecule has 0 fully saturated rings. The van der Waals surface area contributed by atoms with Gasteiger partial charge < -0.3 is 0 Å². The molecule has 0 saturated heterocycles. The van der Waals surface area contributed by atoms with Gasteiger partial charge in [0.05, 0.1) is 0 Å². The molecular formula is C34H30. The van der Waals surface area contributed by atoms with Gasteiger partial charge in [0, 0.05) is 0 Å². The first-order valence-electron chi connectivity index (χ1n) is 12.1. The molecule has 0 bridgehead atoms. The maximum atomic E-state index is 3.82. The standard InChI is InChI=1S/C34H30/c1-3-4-9-26-16-20-28(21-17-26)29-22-18-27(19-23-29)15-14-25(2)34-32-12-7-5-10-30(32)24-31-11-6-8-13-33(31)34/h3,5-8,10-18,20-24H,1,4,9,19H2,2H3/b25-14+,27-15-. The van der Waals surface area contributed by atoms with Crippen molar-refractivity contribution < 1.29 is 0 Å². The van der Waals surface area contributed by atoms with Gasteiger partial charge in [0.25, 0.3) is 0 Å². The number of aryl methyl sites for hydroxylation is 1. The van der Waals surface area contributed by atoms with E-state index in [-0.39, 0.29) is 0 Å². The van der Waals surface area contributed by atoms with Gasteiger partial charge in [-0.1, -0.05) is 109 Å². The molecule has 1 aliphatic carbocycles. The molecule has 0 spiro atoms. The van der Waals surface area contributed by atoms with Gasteiger partial charge in [-0.3, -0.25) is 0 Å². The van der Waals surface area contributed by atoms with Crippen LogP contribution < -0.4 is 0 Å². The van der Waals surface area contributed by atoms with Crippen molar-refractivity contribution in [2.24, 2.45) is 0 Å². The predicted molar refractivity (Wildman–Crippen MR) is 150 cm³/mol. The average Bonchev–Trinajstić information content (AvgIpc) is 2.89. The zero-order valence-corrected chi connectivity index (χ0v) is 19.8. The molecule has 0 radical (unpaired) electrons. The SMILES string of the molecule is C=CCCc1ccc(C2=CC/C(=C\C=C(/C)c3c4ccccc4cc4ccccc34)C=C2)cc1. The third-order valence-electron chi connectivity index (χ3n) is 6.67. The molecule has 0 amide bonds. The minimum absolute atomic E-state index is 0.949. The third kappa shape index (κ3) is 4.58. The van der Waals surface area contributed by atoms with E-state index in [2.05, 4.69) is 123 Å². The summed E-state index contributed by atoms with van der Waals surface area (Å²) in [5.41, 5.74) is 7.90. The van der Waals surface area contributed by atoms with Gasteiger partial charge in [-0.15, -0.1) is 6.58 Å². The van der Waals surface area contributed by atoms with Crippen molar-refractivity contribution in [3.05, 3.63) is 144 Å². The zero-order valence-electron chi connectivity index (χ0n) is 19.8. The van der Waals surface area contributed by atoms with Gasteiger partial charge in [-0.2, -0.15) is 0 Å². The van der Waals surface area contributed by atoms with Gasteiger partial charge in [0.1, 0.15) is 0 Å². The maximum Gasteiger partial charge on any atom is -0.00701 e. The maximum absolute atomic E-state index is 3.82. The Morgan fingerprint density at radius 2 is 1.53 bits per heavy atom. The number of benzene rings is 4. The molecule has 34 heavy (non-hydrogen) atoms. The van der Waals surface area contributed by atoms with Crippen LogP contribution in [0.3, 0.4) is 0 Å². The van der Waals surface area contributed by atoms with Crippen molar-refractivity contribution in [2.75, 3.05) is 0 Å². The van der Waals surface area contributed by atoms with Crippen LogP contribution in [0.25, 0.3) is 32.7 Å². The Morgan fingerprint density at radius 3 is 2.15 bits per heavy atom. The lowest BCUT2D eigenvalue weighted by atomic mass is 9.91. The fraction of sp³-hybridized carbons (Fsp3) is 0.118. The van der Waals surface area contributed by atoms with Crippen LogP contribution in [0.2, 0.25) is 0 Å². The van der Waals surface area contributed by atoms with Gasteiger partial charge >= 0.3 is 0 Å². The molecule has 1 aliphatic rings. The molecule has 0 nitrogen and oxygen atoms in total. The van der Waals surface area contributed by atoms with Crippen molar-refractivity contribution in [3.8, 4) is 0 Å². The normalized spacial score (nSPS) is 15.1. The predicted octanol–water partition coefficient (Wildman–Crippen LogP) is 9.48. The first kappa shape index (κ1) is 21.9. The summed E-state index contributed by atoms with van der Waals surface area (Å²) in [5.74, 6) is 0. The number of rotatable bonds is 6. The van der Waals surface area contributed by atoms with E-state index in [4.69, 9.17) is 0 Å². The van der Waals surface area contributed by atoms with Crippen LogP contribution in [0.1, 0.15) is 36.5 Å². The summed E-state index contributed by atoms with van der Waals surface area (Å²) in [7, 11) is 0. The minimum Gasteiger partial charge on any atom is -0.103 e. The Kier molecular flexibility index (Phi) is 6.40. The molecule has 4 aromatic carbocycles. The van der Waals surface area contributed by atoms with E-state index < -0.39 is 0 Å². The van der Waals surface area contributed by atoms with Crippen LogP contribution in [0.4, 0.5) is 0 Å². The van der Waals surface area contributed by atoms with Gasteiger partial charge in [-0.25, -0.2) is 0 Å². The fourth-order valence-electron chi connectivity index (χ4n) is 4.78. The van der Waals surface area contributed by atoms with Crippen LogP contribution in [0.5, 0.6) is 0 Å². The monoisotopic (exact) mass is 438 g/mol. The number of fused-ring (bicyclic) bond motifs is 2. The Bertz CT molecular complexity index is 1420. The molecule has 0 saturated carbocycles. The summed E-state index contributed by atoms with van der Waals surface area (Å²) >= 11 is 0. The van der Waals surface area contributed by atoms with Crippen molar-refractivity contribution in [1.29, 1.82) is 0 Å². The van der Waals surface area contributed by atoms with E-state index in [0.717, 1.165) is 19.3 Å². The van der Waals surface area contributed by atoms with Gasteiger partial charge in [-0.05, 0) is 87.2 Å². The Morgan fingerprint density at radius 1 is 0.853 bits per heavy atom. The summed E-state index contributed by atoms with van der Waals surface area (Å²) in [6, 6.07) is 28.6. The highest BCUT2D eigenvalue weighted by Gasteiger charge is 2.09. The van der Waals surface area contributed by atoms with Crippen LogP contribution in [-0.2, 0) is 6.42 Å². The average molecular weight is 439 g/mol. The molecule has 0 heteroatoms. The number of hydrogen-bond acceptors (Lipinski definition) is 0. The van der Waals surface area contributed by atoms with E-state index in [9.17, 15) is 0 Å². The van der Waals surface area contributed by atoms with Crippen LogP contribution in [-0.4, -0.2) is 0 Å². The Balaban J connectivity index is 1.40. The molecule has 166 valence electrons. The highest BCUT2D eigenvalue weighted by molar-refractivity contribution is 6.08. The quantitative estimate of drug-likeness (QED) is 0.208. The second-order valence-electron chi connectivity index (χ2n) is 9.01. The number of allylic oxidation sites excluding steroid dienone is 9. The molecule has 0 atom stereocenters. The lowest BCUT2D eigenvalue weighted by Gasteiger charge is -2.13. The molecule has 0 aliphatic heterocycles. The van der Waals surface area contributed by atoms with Crippen molar-refractivity contribution in [1.82, 2.24) is 0 Å². The second kappa shape index (κ2) is 9.93. The molecule has 0 N–H and O–H groups in total. The molecule has 4 aromatic rings. The molecule has 0 aromatic heterocycles. The Labute approximate surface area is 203 Å². The molecule has 0 unspecified atom stereocenters. The summed E-state index contributed by atoms with van der Waals surface area (Å²) in [4.78, 5) is 0. The van der Waals surface area contributed by atoms with Crippen molar-refractivity contribution in [3.63, 3.8) is 0 Å². The van der Waals surface area contributed by atoms with Crippen LogP contribution in [0.15, 0.2) is 127 Å². The second-order valence-corrected chi connectivity index (χ2v) is 9.01. The van der Waals surface area contributed by atoms with Crippen molar-refractivity contribution in [2.45, 2.75) is 26.2 Å². The summed E-state index contributed by atoms with van der Waals surface area (Å²) in [6.45, 7) is 6.05. The van der Waals surface area contributed by atoms with E-state index in [0.29, 0.717) is 0 Å². The zero-order chi connectivity index (χ0) is 23.3. The van der Waals surface area contributed by atoms with E-state index in [1.165, 1.54) is 55.0 Å². The molecular weight excluding hydrogens is 408 g/mol.